The van der Waals surface area contributed by atoms with Crippen molar-refractivity contribution < 1.29 is 4.79 Å². The summed E-state index contributed by atoms with van der Waals surface area (Å²) in [6.45, 7) is 1.96. The fourth-order valence-corrected chi connectivity index (χ4v) is 5.19. The van der Waals surface area contributed by atoms with E-state index in [0.29, 0.717) is 6.04 Å². The molecule has 5 rings (SSSR count). The number of fused-ring (bicyclic) bond motifs is 1. The number of para-hydroxylation sites is 1. The van der Waals surface area contributed by atoms with E-state index in [9.17, 15) is 4.79 Å². The molecular formula is C21H20N4OS2. The molecule has 0 amide bonds. The first-order chi connectivity index (χ1) is 13.7. The standard InChI is InChI=1S/C21H20N4OS2/c1-13(20(26)17-12-22-18-7-3-2-6-16(17)18)28-21-24-23-19(25(21)14-8-9-14)11-15-5-4-10-27-15/h2-7,10,12-14,22H,8-9,11H2,1H3. The first-order valence-corrected chi connectivity index (χ1v) is 11.2. The van der Waals surface area contributed by atoms with Crippen LogP contribution in [0.5, 0.6) is 0 Å². The second kappa shape index (κ2) is 7.22. The van der Waals surface area contributed by atoms with Gasteiger partial charge in [0.05, 0.1) is 5.25 Å². The van der Waals surface area contributed by atoms with Crippen molar-refractivity contribution in [3.8, 4) is 0 Å². The minimum Gasteiger partial charge on any atom is -0.360 e. The molecule has 0 saturated heterocycles. The highest BCUT2D eigenvalue weighted by molar-refractivity contribution is 8.00. The minimum atomic E-state index is -0.226. The molecule has 1 aromatic carbocycles. The highest BCUT2D eigenvalue weighted by atomic mass is 32.2. The van der Waals surface area contributed by atoms with E-state index in [4.69, 9.17) is 0 Å². The molecule has 1 aliphatic carbocycles. The van der Waals surface area contributed by atoms with E-state index in [0.717, 1.165) is 46.7 Å². The normalized spacial score (nSPS) is 15.2. The van der Waals surface area contributed by atoms with Crippen LogP contribution in [0.1, 0.15) is 46.9 Å². The Morgan fingerprint density at radius 2 is 2.14 bits per heavy atom. The van der Waals surface area contributed by atoms with Crippen LogP contribution in [0, 0.1) is 0 Å². The Balaban J connectivity index is 1.39. The number of H-pyrrole nitrogens is 1. The number of benzene rings is 1. The molecule has 7 heteroatoms. The van der Waals surface area contributed by atoms with Crippen molar-refractivity contribution in [2.45, 2.75) is 42.6 Å². The Hall–Kier alpha value is -2.38. The van der Waals surface area contributed by atoms with E-state index in [1.165, 1.54) is 16.6 Å². The Morgan fingerprint density at radius 1 is 1.29 bits per heavy atom. The summed E-state index contributed by atoms with van der Waals surface area (Å²) < 4.78 is 2.25. The SMILES string of the molecule is CC(Sc1nnc(Cc2cccs2)n1C1CC1)C(=O)c1c[nH]c2ccccc12. The molecule has 1 atom stereocenters. The topological polar surface area (TPSA) is 63.6 Å². The first kappa shape index (κ1) is 17.7. The molecule has 1 N–H and O–H groups in total. The number of aromatic amines is 1. The van der Waals surface area contributed by atoms with Crippen LogP contribution in [0.3, 0.4) is 0 Å². The lowest BCUT2D eigenvalue weighted by Crippen LogP contribution is -2.14. The monoisotopic (exact) mass is 408 g/mol. The molecule has 4 aromatic rings. The van der Waals surface area contributed by atoms with Gasteiger partial charge in [-0.1, -0.05) is 36.0 Å². The smallest absolute Gasteiger partial charge is 0.192 e. The fraction of sp³-hybridized carbons (Fsp3) is 0.286. The third-order valence-electron chi connectivity index (χ3n) is 5.07. The predicted molar refractivity (Wildman–Crippen MR) is 113 cm³/mol. The average Bonchev–Trinajstić information content (AvgIpc) is 3.09. The molecule has 1 fully saturated rings. The number of carbonyl (C=O) groups excluding carboxylic acids is 1. The van der Waals surface area contributed by atoms with Gasteiger partial charge < -0.3 is 9.55 Å². The highest BCUT2D eigenvalue weighted by Crippen LogP contribution is 2.40. The molecular weight excluding hydrogens is 388 g/mol. The number of Topliss-reactive ketones (excluding diaryl/α,β-unsaturated/α-hetero) is 1. The van der Waals surface area contributed by atoms with Crippen LogP contribution in [-0.2, 0) is 6.42 Å². The number of hydrogen-bond donors (Lipinski definition) is 1. The molecule has 142 valence electrons. The summed E-state index contributed by atoms with van der Waals surface area (Å²) in [4.78, 5) is 17.6. The predicted octanol–water partition coefficient (Wildman–Crippen LogP) is 5.11. The summed E-state index contributed by atoms with van der Waals surface area (Å²) in [5.74, 6) is 1.12. The van der Waals surface area contributed by atoms with Gasteiger partial charge in [0, 0.05) is 40.0 Å². The van der Waals surface area contributed by atoms with Gasteiger partial charge in [-0.25, -0.2) is 0 Å². The van der Waals surface area contributed by atoms with Gasteiger partial charge in [0.2, 0.25) is 0 Å². The van der Waals surface area contributed by atoms with Crippen molar-refractivity contribution >= 4 is 39.8 Å². The van der Waals surface area contributed by atoms with Crippen molar-refractivity contribution in [2.24, 2.45) is 0 Å². The van der Waals surface area contributed by atoms with Gasteiger partial charge in [-0.2, -0.15) is 0 Å². The van der Waals surface area contributed by atoms with Crippen LogP contribution in [-0.4, -0.2) is 30.8 Å². The zero-order valence-corrected chi connectivity index (χ0v) is 17.1. The van der Waals surface area contributed by atoms with E-state index < -0.39 is 0 Å². The van der Waals surface area contributed by atoms with Gasteiger partial charge in [0.25, 0.3) is 0 Å². The van der Waals surface area contributed by atoms with Crippen LogP contribution in [0.15, 0.2) is 53.1 Å². The summed E-state index contributed by atoms with van der Waals surface area (Å²) in [6, 6.07) is 12.6. The number of hydrogen-bond acceptors (Lipinski definition) is 5. The van der Waals surface area contributed by atoms with Gasteiger partial charge in [-0.05, 0) is 37.3 Å². The third kappa shape index (κ3) is 3.29. The van der Waals surface area contributed by atoms with Gasteiger partial charge in [0.1, 0.15) is 5.82 Å². The summed E-state index contributed by atoms with van der Waals surface area (Å²) in [5, 5.41) is 12.6. The molecule has 5 nitrogen and oxygen atoms in total. The second-order valence-corrected chi connectivity index (χ2v) is 9.47. The van der Waals surface area contributed by atoms with Gasteiger partial charge >= 0.3 is 0 Å². The molecule has 0 spiro atoms. The van der Waals surface area contributed by atoms with Crippen molar-refractivity contribution in [2.75, 3.05) is 0 Å². The number of aromatic nitrogens is 4. The number of thiophene rings is 1. The molecule has 3 heterocycles. The van der Waals surface area contributed by atoms with E-state index in [1.54, 1.807) is 11.3 Å². The summed E-state index contributed by atoms with van der Waals surface area (Å²) in [7, 11) is 0. The van der Waals surface area contributed by atoms with Crippen molar-refractivity contribution in [3.63, 3.8) is 0 Å². The lowest BCUT2D eigenvalue weighted by atomic mass is 10.1. The number of ketones is 1. The largest absolute Gasteiger partial charge is 0.360 e. The Bertz CT molecular complexity index is 1120. The fourth-order valence-electron chi connectivity index (χ4n) is 3.48. The van der Waals surface area contributed by atoms with Crippen LogP contribution >= 0.6 is 23.1 Å². The number of nitrogens with one attached hydrogen (secondary N) is 1. The molecule has 0 aliphatic heterocycles. The Kier molecular flexibility index (Phi) is 4.56. The third-order valence-corrected chi connectivity index (χ3v) is 7.00. The maximum Gasteiger partial charge on any atom is 0.192 e. The zero-order chi connectivity index (χ0) is 19.1. The van der Waals surface area contributed by atoms with Crippen molar-refractivity contribution in [1.82, 2.24) is 19.7 Å². The maximum atomic E-state index is 13.1. The minimum absolute atomic E-state index is 0.118. The van der Waals surface area contributed by atoms with Crippen LogP contribution < -0.4 is 0 Å². The number of carbonyl (C=O) groups is 1. The molecule has 3 aromatic heterocycles. The summed E-state index contributed by atoms with van der Waals surface area (Å²) >= 11 is 3.26. The van der Waals surface area contributed by atoms with Gasteiger partial charge in [-0.3, -0.25) is 4.79 Å². The van der Waals surface area contributed by atoms with Crippen LogP contribution in [0.2, 0.25) is 0 Å². The highest BCUT2D eigenvalue weighted by Gasteiger charge is 2.31. The molecule has 0 bridgehead atoms. The Labute approximate surface area is 171 Å². The van der Waals surface area contributed by atoms with Gasteiger partial charge in [0.15, 0.2) is 10.9 Å². The van der Waals surface area contributed by atoms with Crippen molar-refractivity contribution in [1.29, 1.82) is 0 Å². The van der Waals surface area contributed by atoms with E-state index >= 15 is 0 Å². The molecule has 1 unspecified atom stereocenters. The first-order valence-electron chi connectivity index (χ1n) is 9.44. The number of thioether (sulfide) groups is 1. The van der Waals surface area contributed by atoms with Crippen LogP contribution in [0.4, 0.5) is 0 Å². The summed E-state index contributed by atoms with van der Waals surface area (Å²) in [5.41, 5.74) is 1.73. The second-order valence-electron chi connectivity index (χ2n) is 7.13. The average molecular weight is 409 g/mol. The molecule has 28 heavy (non-hydrogen) atoms. The van der Waals surface area contributed by atoms with E-state index in [2.05, 4.69) is 37.3 Å². The van der Waals surface area contributed by atoms with E-state index in [-0.39, 0.29) is 11.0 Å². The van der Waals surface area contributed by atoms with Crippen LogP contribution in [0.25, 0.3) is 10.9 Å². The van der Waals surface area contributed by atoms with Crippen molar-refractivity contribution in [3.05, 3.63) is 64.2 Å². The number of rotatable bonds is 7. The zero-order valence-electron chi connectivity index (χ0n) is 15.5. The lowest BCUT2D eigenvalue weighted by Gasteiger charge is -2.12. The maximum absolute atomic E-state index is 13.1. The number of nitrogens with zero attached hydrogens (tertiary/aromatic N) is 3. The Morgan fingerprint density at radius 3 is 2.93 bits per heavy atom. The van der Waals surface area contributed by atoms with Gasteiger partial charge in [-0.15, -0.1) is 21.5 Å². The molecule has 0 radical (unpaired) electrons. The molecule has 1 saturated carbocycles. The lowest BCUT2D eigenvalue weighted by molar-refractivity contribution is 0.0995. The van der Waals surface area contributed by atoms with E-state index in [1.807, 2.05) is 37.4 Å². The quantitative estimate of drug-likeness (QED) is 0.341. The molecule has 1 aliphatic rings. The summed E-state index contributed by atoms with van der Waals surface area (Å²) in [6.07, 6.45) is 4.94.